The lowest BCUT2D eigenvalue weighted by Crippen LogP contribution is -2.44. The molecule has 0 aliphatic rings. The van der Waals surface area contributed by atoms with Gasteiger partial charge in [0, 0.05) is 23.2 Å². The van der Waals surface area contributed by atoms with Gasteiger partial charge < -0.3 is 15.7 Å². The van der Waals surface area contributed by atoms with E-state index in [4.69, 9.17) is 0 Å². The quantitative estimate of drug-likeness (QED) is 0.683. The molecule has 0 unspecified atom stereocenters. The fraction of sp³-hybridized carbons (Fsp3) is 0.375. The molecule has 0 aliphatic carbocycles. The fourth-order valence-corrected chi connectivity index (χ4v) is 3.32. The normalized spacial score (nSPS) is 14.3. The van der Waals surface area contributed by atoms with Crippen molar-refractivity contribution in [3.63, 3.8) is 0 Å². The zero-order chi connectivity index (χ0) is 14.4. The predicted molar refractivity (Wildman–Crippen MR) is 87.5 cm³/mol. The summed E-state index contributed by atoms with van der Waals surface area (Å²) in [5.41, 5.74) is 0. The van der Waals surface area contributed by atoms with E-state index in [1.807, 2.05) is 14.1 Å². The van der Waals surface area contributed by atoms with Crippen molar-refractivity contribution in [3.8, 4) is 0 Å². The van der Waals surface area contributed by atoms with Crippen LogP contribution >= 0.6 is 11.8 Å². The average Bonchev–Trinajstić information content (AvgIpc) is 2.48. The van der Waals surface area contributed by atoms with Crippen LogP contribution in [0.2, 0.25) is 0 Å². The van der Waals surface area contributed by atoms with Gasteiger partial charge in [-0.15, -0.1) is 11.8 Å². The molecule has 20 heavy (non-hydrogen) atoms. The number of likely N-dealkylation sites (N-methyl/N-ethyl adjacent to an activating group) is 2. The number of aliphatic hydroxyl groups is 1. The lowest BCUT2D eigenvalue weighted by molar-refractivity contribution is 0.140. The Balaban J connectivity index is 2.00. The first-order chi connectivity index (χ1) is 9.74. The first-order valence-electron chi connectivity index (χ1n) is 6.86. The van der Waals surface area contributed by atoms with Crippen LogP contribution in [-0.4, -0.2) is 43.6 Å². The van der Waals surface area contributed by atoms with Crippen LogP contribution < -0.4 is 10.6 Å². The minimum Gasteiger partial charge on any atom is -0.390 e. The van der Waals surface area contributed by atoms with Gasteiger partial charge in [-0.2, -0.15) is 0 Å². The van der Waals surface area contributed by atoms with Gasteiger partial charge in [0.2, 0.25) is 0 Å². The van der Waals surface area contributed by atoms with Gasteiger partial charge in [-0.05, 0) is 37.0 Å². The van der Waals surface area contributed by atoms with E-state index in [1.54, 1.807) is 11.8 Å². The van der Waals surface area contributed by atoms with Crippen LogP contribution in [0.5, 0.6) is 0 Å². The molecule has 108 valence electrons. The van der Waals surface area contributed by atoms with E-state index in [0.29, 0.717) is 6.54 Å². The Morgan fingerprint density at radius 2 is 1.85 bits per heavy atom. The molecule has 0 amide bonds. The molecule has 0 fully saturated rings. The maximum atomic E-state index is 10.0. The third kappa shape index (κ3) is 3.96. The van der Waals surface area contributed by atoms with Gasteiger partial charge in [-0.1, -0.05) is 30.3 Å². The molecule has 0 saturated carbocycles. The maximum absolute atomic E-state index is 10.0. The second kappa shape index (κ2) is 7.64. The smallest absolute Gasteiger partial charge is 0.0825 e. The number of aliphatic hydroxyl groups excluding tert-OH is 1. The van der Waals surface area contributed by atoms with E-state index >= 15 is 0 Å². The predicted octanol–water partition coefficient (Wildman–Crippen LogP) is 2.10. The third-order valence-corrected chi connectivity index (χ3v) is 4.51. The van der Waals surface area contributed by atoms with Crippen LogP contribution in [0.1, 0.15) is 0 Å². The molecule has 2 rings (SSSR count). The molecule has 3 nitrogen and oxygen atoms in total. The largest absolute Gasteiger partial charge is 0.390 e. The first-order valence-corrected chi connectivity index (χ1v) is 7.84. The van der Waals surface area contributed by atoms with E-state index in [-0.39, 0.29) is 12.1 Å². The van der Waals surface area contributed by atoms with E-state index in [1.165, 1.54) is 15.7 Å². The number of thioether (sulfide) groups is 1. The number of hydrogen-bond acceptors (Lipinski definition) is 4. The highest BCUT2D eigenvalue weighted by atomic mass is 32.2. The van der Waals surface area contributed by atoms with E-state index in [9.17, 15) is 5.11 Å². The topological polar surface area (TPSA) is 44.3 Å². The van der Waals surface area contributed by atoms with Crippen molar-refractivity contribution in [3.05, 3.63) is 42.5 Å². The van der Waals surface area contributed by atoms with Gasteiger partial charge in [0.1, 0.15) is 0 Å². The minimum atomic E-state index is -0.377. The van der Waals surface area contributed by atoms with E-state index < -0.39 is 0 Å². The number of hydrogen-bond donors (Lipinski definition) is 3. The van der Waals surface area contributed by atoms with Crippen LogP contribution in [0, 0.1) is 0 Å². The lowest BCUT2D eigenvalue weighted by atomic mass is 10.1. The van der Waals surface area contributed by atoms with Crippen LogP contribution in [0.25, 0.3) is 10.8 Å². The molecule has 0 heterocycles. The van der Waals surface area contributed by atoms with Crippen molar-refractivity contribution in [2.24, 2.45) is 0 Å². The van der Waals surface area contributed by atoms with Gasteiger partial charge in [0.25, 0.3) is 0 Å². The highest BCUT2D eigenvalue weighted by Gasteiger charge is 2.16. The highest BCUT2D eigenvalue weighted by Crippen LogP contribution is 2.24. The van der Waals surface area contributed by atoms with Crippen molar-refractivity contribution in [1.82, 2.24) is 10.6 Å². The zero-order valence-corrected chi connectivity index (χ0v) is 12.8. The average molecular weight is 290 g/mol. The highest BCUT2D eigenvalue weighted by molar-refractivity contribution is 7.99. The summed E-state index contributed by atoms with van der Waals surface area (Å²) in [6, 6.07) is 14.9. The Morgan fingerprint density at radius 1 is 1.10 bits per heavy atom. The van der Waals surface area contributed by atoms with Gasteiger partial charge >= 0.3 is 0 Å². The summed E-state index contributed by atoms with van der Waals surface area (Å²) < 4.78 is 0. The Morgan fingerprint density at radius 3 is 2.55 bits per heavy atom. The monoisotopic (exact) mass is 290 g/mol. The molecule has 0 saturated heterocycles. The summed E-state index contributed by atoms with van der Waals surface area (Å²) in [5, 5.41) is 18.7. The number of fused-ring (bicyclic) bond motifs is 1. The molecule has 0 radical (unpaired) electrons. The van der Waals surface area contributed by atoms with Gasteiger partial charge in [-0.3, -0.25) is 0 Å². The Hall–Kier alpha value is -1.07. The van der Waals surface area contributed by atoms with Crippen LogP contribution in [0.3, 0.4) is 0 Å². The second-order valence-corrected chi connectivity index (χ2v) is 5.93. The van der Waals surface area contributed by atoms with Crippen LogP contribution in [-0.2, 0) is 0 Å². The van der Waals surface area contributed by atoms with Crippen LogP contribution in [0.4, 0.5) is 0 Å². The summed E-state index contributed by atoms with van der Waals surface area (Å²) in [6.07, 6.45) is -0.377. The van der Waals surface area contributed by atoms with Crippen molar-refractivity contribution in [2.75, 3.05) is 26.4 Å². The molecule has 0 bridgehead atoms. The van der Waals surface area contributed by atoms with E-state index in [2.05, 4.69) is 53.1 Å². The summed E-state index contributed by atoms with van der Waals surface area (Å²) in [6.45, 7) is 0.601. The number of nitrogens with one attached hydrogen (secondary N) is 2. The molecular formula is C16H22N2OS. The Kier molecular flexibility index (Phi) is 5.86. The summed E-state index contributed by atoms with van der Waals surface area (Å²) in [7, 11) is 3.75. The summed E-state index contributed by atoms with van der Waals surface area (Å²) in [5.74, 6) is 0.845. The third-order valence-electron chi connectivity index (χ3n) is 3.40. The molecule has 2 atom stereocenters. The summed E-state index contributed by atoms with van der Waals surface area (Å²) >= 11 is 1.77. The molecule has 2 aromatic carbocycles. The Bertz CT molecular complexity index is 547. The van der Waals surface area contributed by atoms with Gasteiger partial charge in [0.05, 0.1) is 6.10 Å². The molecular weight excluding hydrogens is 268 g/mol. The van der Waals surface area contributed by atoms with Crippen LogP contribution in [0.15, 0.2) is 47.4 Å². The number of benzene rings is 2. The molecule has 4 heteroatoms. The first kappa shape index (κ1) is 15.3. The van der Waals surface area contributed by atoms with Crippen molar-refractivity contribution in [1.29, 1.82) is 0 Å². The van der Waals surface area contributed by atoms with Gasteiger partial charge in [-0.25, -0.2) is 0 Å². The molecule has 0 spiro atoms. The fourth-order valence-electron chi connectivity index (χ4n) is 2.18. The number of rotatable bonds is 7. The van der Waals surface area contributed by atoms with Gasteiger partial charge in [0.15, 0.2) is 0 Å². The minimum absolute atomic E-state index is 0.0823. The van der Waals surface area contributed by atoms with Crippen molar-refractivity contribution >= 4 is 22.5 Å². The molecule has 2 aromatic rings. The zero-order valence-electron chi connectivity index (χ0n) is 12.0. The molecule has 0 aliphatic heterocycles. The second-order valence-electron chi connectivity index (χ2n) is 4.84. The standard InChI is InChI=1S/C16H22N2OS/c1-17-10-16(19)15(18-2)11-20-14-8-7-12-5-3-4-6-13(12)9-14/h3-9,15-19H,10-11H2,1-2H3/t15-,16+/m0/s1. The van der Waals surface area contributed by atoms with E-state index in [0.717, 1.165) is 5.75 Å². The molecule has 3 N–H and O–H groups in total. The SMILES string of the molecule is CNC[C@@H](O)[C@H](CSc1ccc2ccccc2c1)NC. The van der Waals surface area contributed by atoms with Crippen molar-refractivity contribution < 1.29 is 5.11 Å². The Labute approximate surface area is 124 Å². The lowest BCUT2D eigenvalue weighted by Gasteiger charge is -2.22. The summed E-state index contributed by atoms with van der Waals surface area (Å²) in [4.78, 5) is 1.24. The maximum Gasteiger partial charge on any atom is 0.0825 e. The van der Waals surface area contributed by atoms with Crippen molar-refractivity contribution in [2.45, 2.75) is 17.0 Å². The molecule has 0 aromatic heterocycles.